The molecule has 0 amide bonds. The highest BCUT2D eigenvalue weighted by molar-refractivity contribution is 5.60. The van der Waals surface area contributed by atoms with E-state index in [1.165, 1.54) is 5.56 Å². The first-order valence-electron chi connectivity index (χ1n) is 28.3. The van der Waals surface area contributed by atoms with Crippen LogP contribution in [0.4, 0.5) is 0 Å². The molecule has 0 radical (unpaired) electrons. The Kier molecular flexibility index (Phi) is 16.6. The van der Waals surface area contributed by atoms with Gasteiger partial charge >= 0.3 is 0 Å². The van der Waals surface area contributed by atoms with Gasteiger partial charge in [0.1, 0.15) is 40.2 Å². The van der Waals surface area contributed by atoms with E-state index in [4.69, 9.17) is 0 Å². The quantitative estimate of drug-likeness (QED) is 0.0640. The van der Waals surface area contributed by atoms with Crippen LogP contribution in [-0.4, -0.2) is 35.7 Å². The van der Waals surface area contributed by atoms with Crippen molar-refractivity contribution in [3.05, 3.63) is 273 Å². The highest BCUT2D eigenvalue weighted by Crippen LogP contribution is 2.46. The molecule has 0 aliphatic rings. The van der Waals surface area contributed by atoms with Crippen LogP contribution in [0, 0.1) is 96.9 Å². The zero-order valence-corrected chi connectivity index (χ0v) is 51.0. The lowest BCUT2D eigenvalue weighted by atomic mass is 9.69. The second-order valence-electron chi connectivity index (χ2n) is 24.2. The third-order valence-corrected chi connectivity index (χ3v) is 17.5. The second-order valence-corrected chi connectivity index (χ2v) is 24.2. The lowest BCUT2D eigenvalue weighted by Crippen LogP contribution is -2.27. The van der Waals surface area contributed by atoms with Crippen LogP contribution in [-0.2, 0) is 10.8 Å². The van der Waals surface area contributed by atoms with Crippen LogP contribution in [0.2, 0.25) is 0 Å². The summed E-state index contributed by atoms with van der Waals surface area (Å²) in [5.41, 5.74) is 23.1. The fourth-order valence-electron chi connectivity index (χ4n) is 12.4. The van der Waals surface area contributed by atoms with Crippen LogP contribution >= 0.6 is 0 Å². The topological polar surface area (TPSA) is 142 Å². The maximum absolute atomic E-state index is 10.5. The monoisotopic (exact) mass is 1090 g/mol. The average molecular weight is 1100 g/mol. The minimum absolute atomic E-state index is 0.116. The summed E-state index contributed by atoms with van der Waals surface area (Å²) in [4.78, 5) is 0. The number of hydrogen-bond donors (Lipinski definition) is 7. The molecule has 0 unspecified atom stereocenters. The summed E-state index contributed by atoms with van der Waals surface area (Å²) in [5, 5.41) is 73.5. The molecule has 7 nitrogen and oxygen atoms in total. The zero-order chi connectivity index (χ0) is 60.2. The Morgan fingerprint density at radius 1 is 0.220 bits per heavy atom. The molecular weight excluding hydrogens is 1010 g/mol. The van der Waals surface area contributed by atoms with E-state index in [9.17, 15) is 35.7 Å². The Labute approximate surface area is 486 Å². The lowest BCUT2D eigenvalue weighted by molar-refractivity contribution is 0.464. The lowest BCUT2D eigenvalue weighted by Gasteiger charge is -2.34. The summed E-state index contributed by atoms with van der Waals surface area (Å²) in [6.45, 7) is 33.7. The average Bonchev–Trinajstić information content (AvgIpc) is 3.61. The first-order valence-corrected chi connectivity index (χ1v) is 28.3. The van der Waals surface area contributed by atoms with E-state index in [0.717, 1.165) is 134 Å². The van der Waals surface area contributed by atoms with E-state index < -0.39 is 5.41 Å². The molecule has 7 N–H and O–H groups in total. The third kappa shape index (κ3) is 11.3. The number of aromatic hydroxyl groups is 7. The first kappa shape index (κ1) is 59.7. The van der Waals surface area contributed by atoms with Gasteiger partial charge in [-0.05, 0) is 243 Å². The Morgan fingerprint density at radius 2 is 0.402 bits per heavy atom. The van der Waals surface area contributed by atoms with Crippen molar-refractivity contribution in [1.82, 2.24) is 0 Å². The molecule has 82 heavy (non-hydrogen) atoms. The van der Waals surface area contributed by atoms with Crippen LogP contribution < -0.4 is 0 Å². The molecule has 0 aliphatic carbocycles. The molecule has 9 aromatic rings. The van der Waals surface area contributed by atoms with Gasteiger partial charge in [0.2, 0.25) is 0 Å². The molecule has 7 heteroatoms. The molecule has 0 fully saturated rings. The zero-order valence-electron chi connectivity index (χ0n) is 51.0. The molecule has 0 saturated carbocycles. The second kappa shape index (κ2) is 22.8. The van der Waals surface area contributed by atoms with Crippen molar-refractivity contribution in [2.75, 3.05) is 0 Å². The molecule has 0 saturated heterocycles. The van der Waals surface area contributed by atoms with E-state index in [1.807, 2.05) is 145 Å². The molecule has 9 rings (SSSR count). The van der Waals surface area contributed by atoms with E-state index in [2.05, 4.69) is 106 Å². The molecule has 9 aromatic carbocycles. The Hall–Kier alpha value is -8.42. The van der Waals surface area contributed by atoms with Crippen molar-refractivity contribution in [2.24, 2.45) is 0 Å². The van der Waals surface area contributed by atoms with Crippen molar-refractivity contribution in [3.63, 3.8) is 0 Å². The van der Waals surface area contributed by atoms with Crippen molar-refractivity contribution in [1.29, 1.82) is 0 Å². The number of phenolic OH excluding ortho intramolecular Hbond substituents is 7. The maximum atomic E-state index is 10.5. The first-order chi connectivity index (χ1) is 38.4. The van der Waals surface area contributed by atoms with Crippen molar-refractivity contribution < 1.29 is 35.7 Å². The third-order valence-electron chi connectivity index (χ3n) is 17.5. The molecule has 0 atom stereocenters. The van der Waals surface area contributed by atoms with Gasteiger partial charge in [0.15, 0.2) is 0 Å². The van der Waals surface area contributed by atoms with E-state index in [1.54, 1.807) is 0 Å². The molecule has 0 bridgehead atoms. The highest BCUT2D eigenvalue weighted by atomic mass is 16.3. The van der Waals surface area contributed by atoms with Gasteiger partial charge in [-0.15, -0.1) is 0 Å². The van der Waals surface area contributed by atoms with E-state index >= 15 is 0 Å². The fourth-order valence-corrected chi connectivity index (χ4v) is 12.4. The number of phenols is 7. The molecule has 0 heterocycles. The summed E-state index contributed by atoms with van der Waals surface area (Å²) in [5.74, 6) is 2.01. The van der Waals surface area contributed by atoms with Crippen molar-refractivity contribution in [3.8, 4) is 40.2 Å². The molecule has 0 aromatic heterocycles. The molecule has 424 valence electrons. The summed E-state index contributed by atoms with van der Waals surface area (Å²) in [6.07, 6.45) is 0. The minimum Gasteiger partial charge on any atom is -0.507 e. The van der Waals surface area contributed by atoms with Crippen LogP contribution in [0.5, 0.6) is 40.2 Å². The summed E-state index contributed by atoms with van der Waals surface area (Å²) in [7, 11) is 0. The van der Waals surface area contributed by atoms with E-state index in [-0.39, 0.29) is 17.3 Å². The number of aryl methyl sites for hydroxylation is 14. The predicted octanol–water partition coefficient (Wildman–Crippen LogP) is 17.7. The van der Waals surface area contributed by atoms with Crippen molar-refractivity contribution >= 4 is 0 Å². The van der Waals surface area contributed by atoms with Gasteiger partial charge in [-0.1, -0.05) is 147 Å². The number of benzene rings is 9. The molecular formula is C75H82O7. The summed E-state index contributed by atoms with van der Waals surface area (Å²) >= 11 is 0. The van der Waals surface area contributed by atoms with Gasteiger partial charge in [-0.25, -0.2) is 0 Å². The largest absolute Gasteiger partial charge is 0.507 e. The number of hydrogen-bond acceptors (Lipinski definition) is 7. The van der Waals surface area contributed by atoms with Gasteiger partial charge in [-0.2, -0.15) is 0 Å². The predicted molar refractivity (Wildman–Crippen MR) is 336 cm³/mol. The molecule has 0 spiro atoms. The van der Waals surface area contributed by atoms with Crippen LogP contribution in [0.1, 0.15) is 172 Å². The Morgan fingerprint density at radius 3 is 0.622 bits per heavy atom. The number of rotatable bonds is 11. The Bertz CT molecular complexity index is 3440. The van der Waals surface area contributed by atoms with Crippen LogP contribution in [0.25, 0.3) is 0 Å². The van der Waals surface area contributed by atoms with Gasteiger partial charge in [0.05, 0.1) is 0 Å². The normalized spacial score (nSPS) is 11.8. The van der Waals surface area contributed by atoms with Crippen LogP contribution in [0.3, 0.4) is 0 Å². The maximum Gasteiger partial charge on any atom is 0.121 e. The standard InChI is InChI=1S/C40H42O4.C35H40O3/c1-21-13-31(14-22(2)37(21)41)35(32-15-23(3)38(42)24(4)16-32)29-9-11-30(12-10-29)36(33-17-25(5)39(43)26(6)18-33)34-19-27(7)40(44)28(8)20-34;1-20-14-28(15-21(2)31(20)36)34(7,8)26-10-12-27(13-11-26)35(9,29-16-22(3)32(37)23(4)17-29)30-18-24(5)33(38)25(6)19-30/h9-20,35-36,41-44H,1-8H3;10-19,36-38H,1-9H3. The SMILES string of the molecule is Cc1cc(C(C)(C)c2ccc(C(C)(c3cc(C)c(O)c(C)c3)c3cc(C)c(O)c(C)c3)cc2)cc(C)c1O.Cc1cc(C(c2ccc(C(c3cc(C)c(O)c(C)c3)c3cc(C)c(O)c(C)c3)cc2)c2cc(C)c(O)c(C)c2)cc(C)c1O. The van der Waals surface area contributed by atoms with Crippen molar-refractivity contribution in [2.45, 2.75) is 140 Å². The van der Waals surface area contributed by atoms with E-state index in [0.29, 0.717) is 40.2 Å². The minimum atomic E-state index is -0.513. The fraction of sp³-hybridized carbons (Fsp3) is 0.280. The van der Waals surface area contributed by atoms with Crippen LogP contribution in [0.15, 0.2) is 133 Å². The smallest absolute Gasteiger partial charge is 0.121 e. The van der Waals surface area contributed by atoms with Gasteiger partial charge < -0.3 is 35.7 Å². The summed E-state index contributed by atoms with van der Waals surface area (Å²) in [6, 6.07) is 46.3. The highest BCUT2D eigenvalue weighted by Gasteiger charge is 2.34. The van der Waals surface area contributed by atoms with Gasteiger partial charge in [0, 0.05) is 22.7 Å². The summed E-state index contributed by atoms with van der Waals surface area (Å²) < 4.78 is 0. The Balaban J connectivity index is 0.000000217. The van der Waals surface area contributed by atoms with Gasteiger partial charge in [0.25, 0.3) is 0 Å². The molecule has 0 aliphatic heterocycles. The van der Waals surface area contributed by atoms with Gasteiger partial charge in [-0.3, -0.25) is 0 Å².